The van der Waals surface area contributed by atoms with Crippen molar-refractivity contribution in [3.63, 3.8) is 0 Å². The third-order valence-electron chi connectivity index (χ3n) is 5.54. The number of carbonyl (C=O) groups excluding carboxylic acids is 1. The number of hydrogen-bond acceptors (Lipinski definition) is 8. The van der Waals surface area contributed by atoms with E-state index in [-0.39, 0.29) is 24.0 Å². The summed E-state index contributed by atoms with van der Waals surface area (Å²) >= 11 is 0. The van der Waals surface area contributed by atoms with E-state index in [2.05, 4.69) is 14.9 Å². The van der Waals surface area contributed by atoms with E-state index in [0.29, 0.717) is 46.1 Å². The number of methoxy groups -OCH3 is 1. The van der Waals surface area contributed by atoms with Crippen LogP contribution in [0.5, 0.6) is 11.5 Å². The smallest absolute Gasteiger partial charge is 0.265 e. The normalized spacial score (nSPS) is 15.7. The number of aromatic nitrogens is 2. The maximum absolute atomic E-state index is 13.1. The van der Waals surface area contributed by atoms with Crippen molar-refractivity contribution in [2.45, 2.75) is 37.1 Å². The van der Waals surface area contributed by atoms with Crippen molar-refractivity contribution < 1.29 is 27.2 Å². The molecule has 1 saturated carbocycles. The van der Waals surface area contributed by atoms with Gasteiger partial charge in [-0.3, -0.25) is 14.4 Å². The number of nitrogens with one attached hydrogen (secondary N) is 1. The molecular formula is C22H22N4O6S. The number of hydrogen-bond donors (Lipinski definition) is 1. The number of amides is 1. The Morgan fingerprint density at radius 1 is 1.21 bits per heavy atom. The Bertz CT molecular complexity index is 1320. The summed E-state index contributed by atoms with van der Waals surface area (Å²) in [5, 5.41) is 3.98. The SMILES string of the molecule is COc1ccc(NS(=O)(=O)c2cc3c(cc2C)N(Cc2noc(C4CC4)n2)C(=O)CO3)cc1. The summed E-state index contributed by atoms with van der Waals surface area (Å²) < 4.78 is 44.6. The minimum Gasteiger partial charge on any atom is -0.497 e. The molecule has 172 valence electrons. The Labute approximate surface area is 190 Å². The summed E-state index contributed by atoms with van der Waals surface area (Å²) in [6, 6.07) is 9.61. The molecule has 5 rings (SSSR count). The number of benzene rings is 2. The number of carbonyl (C=O) groups is 1. The third-order valence-corrected chi connectivity index (χ3v) is 7.06. The number of aryl methyl sites for hydroxylation is 1. The monoisotopic (exact) mass is 470 g/mol. The van der Waals surface area contributed by atoms with Crippen LogP contribution in [0.25, 0.3) is 0 Å². The van der Waals surface area contributed by atoms with Gasteiger partial charge in [-0.2, -0.15) is 4.98 Å². The number of rotatable bonds is 7. The van der Waals surface area contributed by atoms with E-state index in [1.807, 2.05) is 0 Å². The van der Waals surface area contributed by atoms with E-state index < -0.39 is 10.0 Å². The third kappa shape index (κ3) is 4.23. The maximum atomic E-state index is 13.1. The van der Waals surface area contributed by atoms with Gasteiger partial charge in [0.05, 0.1) is 24.2 Å². The average molecular weight is 471 g/mol. The molecule has 1 aliphatic carbocycles. The molecule has 11 heteroatoms. The van der Waals surface area contributed by atoms with Crippen LogP contribution in [0, 0.1) is 6.92 Å². The molecule has 0 saturated heterocycles. The molecule has 1 aromatic heterocycles. The molecular weight excluding hydrogens is 448 g/mol. The Morgan fingerprint density at radius 3 is 2.67 bits per heavy atom. The summed E-state index contributed by atoms with van der Waals surface area (Å²) in [6.07, 6.45) is 2.06. The van der Waals surface area contributed by atoms with Crippen molar-refractivity contribution in [3.8, 4) is 11.5 Å². The first kappa shape index (κ1) is 21.3. The molecule has 1 amide bonds. The summed E-state index contributed by atoms with van der Waals surface area (Å²) in [5.74, 6) is 1.94. The Kier molecular flexibility index (Phi) is 5.20. The lowest BCUT2D eigenvalue weighted by Crippen LogP contribution is -2.38. The molecule has 0 radical (unpaired) electrons. The van der Waals surface area contributed by atoms with Gasteiger partial charge in [0.2, 0.25) is 5.89 Å². The number of nitrogens with zero attached hydrogens (tertiary/aromatic N) is 3. The average Bonchev–Trinajstić information content (AvgIpc) is 3.54. The Hall–Kier alpha value is -3.60. The van der Waals surface area contributed by atoms with Crippen molar-refractivity contribution in [1.82, 2.24) is 10.1 Å². The molecule has 1 N–H and O–H groups in total. The van der Waals surface area contributed by atoms with Crippen LogP contribution in [0.1, 0.15) is 36.0 Å². The van der Waals surface area contributed by atoms with Crippen LogP contribution in [0.4, 0.5) is 11.4 Å². The first-order valence-electron chi connectivity index (χ1n) is 10.4. The van der Waals surface area contributed by atoms with Gasteiger partial charge in [-0.25, -0.2) is 8.42 Å². The van der Waals surface area contributed by atoms with Crippen molar-refractivity contribution in [2.75, 3.05) is 23.3 Å². The van der Waals surface area contributed by atoms with Crippen LogP contribution in [-0.4, -0.2) is 38.2 Å². The highest BCUT2D eigenvalue weighted by molar-refractivity contribution is 7.92. The molecule has 2 aromatic carbocycles. The van der Waals surface area contributed by atoms with Gasteiger partial charge in [-0.1, -0.05) is 5.16 Å². The van der Waals surface area contributed by atoms with Gasteiger partial charge in [0, 0.05) is 17.7 Å². The molecule has 0 spiro atoms. The highest BCUT2D eigenvalue weighted by Crippen LogP contribution is 2.40. The lowest BCUT2D eigenvalue weighted by molar-refractivity contribution is -0.121. The standard InChI is InChI=1S/C22H22N4O6S/c1-13-9-17-18(10-19(13)33(28,29)25-15-5-7-16(30-2)8-6-15)31-12-21(27)26(17)11-20-23-22(32-24-20)14-3-4-14/h5-10,14,25H,3-4,11-12H2,1-2H3. The van der Waals surface area contributed by atoms with Gasteiger partial charge in [-0.05, 0) is 55.7 Å². The lowest BCUT2D eigenvalue weighted by atomic mass is 10.1. The van der Waals surface area contributed by atoms with Crippen molar-refractivity contribution >= 4 is 27.3 Å². The molecule has 2 aliphatic rings. The van der Waals surface area contributed by atoms with Gasteiger partial charge in [0.25, 0.3) is 15.9 Å². The summed E-state index contributed by atoms with van der Waals surface area (Å²) in [6.45, 7) is 1.56. The number of sulfonamides is 1. The molecule has 2 heterocycles. The predicted octanol–water partition coefficient (Wildman–Crippen LogP) is 2.99. The topological polar surface area (TPSA) is 124 Å². The summed E-state index contributed by atoms with van der Waals surface area (Å²) in [5.41, 5.74) is 1.32. The van der Waals surface area contributed by atoms with E-state index in [9.17, 15) is 13.2 Å². The fourth-order valence-corrected chi connectivity index (χ4v) is 4.94. The highest BCUT2D eigenvalue weighted by atomic mass is 32.2. The maximum Gasteiger partial charge on any atom is 0.265 e. The second kappa shape index (κ2) is 8.07. The fraction of sp³-hybridized carbons (Fsp3) is 0.318. The molecule has 10 nitrogen and oxygen atoms in total. The zero-order valence-electron chi connectivity index (χ0n) is 18.1. The van der Waals surface area contributed by atoms with E-state index in [0.717, 1.165) is 12.8 Å². The molecule has 33 heavy (non-hydrogen) atoms. The van der Waals surface area contributed by atoms with Crippen LogP contribution in [0.3, 0.4) is 0 Å². The summed E-state index contributed by atoms with van der Waals surface area (Å²) in [4.78, 5) is 18.5. The quantitative estimate of drug-likeness (QED) is 0.559. The first-order chi connectivity index (χ1) is 15.8. The van der Waals surface area contributed by atoms with Gasteiger partial charge >= 0.3 is 0 Å². The second-order valence-corrected chi connectivity index (χ2v) is 9.66. The van der Waals surface area contributed by atoms with Crippen LogP contribution in [0.2, 0.25) is 0 Å². The number of fused-ring (bicyclic) bond motifs is 1. The van der Waals surface area contributed by atoms with Crippen LogP contribution < -0.4 is 19.1 Å². The molecule has 1 fully saturated rings. The summed E-state index contributed by atoms with van der Waals surface area (Å²) in [7, 11) is -2.36. The largest absolute Gasteiger partial charge is 0.497 e. The molecule has 0 atom stereocenters. The first-order valence-corrected chi connectivity index (χ1v) is 11.9. The van der Waals surface area contributed by atoms with Crippen LogP contribution in [-0.2, 0) is 21.4 Å². The van der Waals surface area contributed by atoms with Gasteiger partial charge in [0.15, 0.2) is 12.4 Å². The number of ether oxygens (including phenoxy) is 2. The molecule has 1 aliphatic heterocycles. The molecule has 0 bridgehead atoms. The van der Waals surface area contributed by atoms with Gasteiger partial charge < -0.3 is 14.0 Å². The number of anilines is 2. The van der Waals surface area contributed by atoms with Crippen LogP contribution >= 0.6 is 0 Å². The van der Waals surface area contributed by atoms with E-state index in [1.54, 1.807) is 37.3 Å². The predicted molar refractivity (Wildman–Crippen MR) is 118 cm³/mol. The second-order valence-electron chi connectivity index (χ2n) is 8.01. The van der Waals surface area contributed by atoms with Crippen molar-refractivity contribution in [1.29, 1.82) is 0 Å². The minimum atomic E-state index is -3.90. The Morgan fingerprint density at radius 2 is 1.97 bits per heavy atom. The van der Waals surface area contributed by atoms with Crippen molar-refractivity contribution in [2.24, 2.45) is 0 Å². The van der Waals surface area contributed by atoms with E-state index in [1.165, 1.54) is 18.1 Å². The zero-order valence-corrected chi connectivity index (χ0v) is 18.9. The lowest BCUT2D eigenvalue weighted by Gasteiger charge is -2.29. The Balaban J connectivity index is 1.42. The van der Waals surface area contributed by atoms with Crippen LogP contribution in [0.15, 0.2) is 45.8 Å². The highest BCUT2D eigenvalue weighted by Gasteiger charge is 2.32. The fourth-order valence-electron chi connectivity index (χ4n) is 3.63. The zero-order chi connectivity index (χ0) is 23.2. The van der Waals surface area contributed by atoms with Gasteiger partial charge in [0.1, 0.15) is 11.5 Å². The van der Waals surface area contributed by atoms with Gasteiger partial charge in [-0.15, -0.1) is 0 Å². The molecule has 3 aromatic rings. The van der Waals surface area contributed by atoms with E-state index >= 15 is 0 Å². The van der Waals surface area contributed by atoms with Crippen molar-refractivity contribution in [3.05, 3.63) is 53.7 Å². The minimum absolute atomic E-state index is 0.0574. The molecule has 0 unspecified atom stereocenters. The van der Waals surface area contributed by atoms with E-state index in [4.69, 9.17) is 14.0 Å².